The minimum atomic E-state index is -0.338. The van der Waals surface area contributed by atoms with E-state index in [0.29, 0.717) is 12.1 Å². The molecule has 2 aromatic heterocycles. The highest BCUT2D eigenvalue weighted by Crippen LogP contribution is 2.20. The molecule has 1 aliphatic rings. The maximum absolute atomic E-state index is 12.1. The highest BCUT2D eigenvalue weighted by atomic mass is 16.2. The zero-order valence-electron chi connectivity index (χ0n) is 19.4. The van der Waals surface area contributed by atoms with E-state index in [0.717, 1.165) is 48.2 Å². The van der Waals surface area contributed by atoms with Gasteiger partial charge >= 0.3 is 0 Å². The molecular formula is C24H34N6O2. The average molecular weight is 439 g/mol. The number of amides is 1. The third-order valence-electron chi connectivity index (χ3n) is 5.10. The van der Waals surface area contributed by atoms with Gasteiger partial charge in [-0.3, -0.25) is 19.5 Å². The smallest absolute Gasteiger partial charge is 0.266 e. The molecule has 8 nitrogen and oxygen atoms in total. The van der Waals surface area contributed by atoms with Crippen LogP contribution < -0.4 is 22.3 Å². The Hall–Kier alpha value is -3.39. The second kappa shape index (κ2) is 11.9. The second-order valence-electron chi connectivity index (χ2n) is 7.38. The van der Waals surface area contributed by atoms with Gasteiger partial charge < -0.3 is 21.8 Å². The number of likely N-dealkylation sites (N-methyl/N-ethyl adjacent to an activating group) is 1. The molecule has 0 aliphatic carbocycles. The molecule has 32 heavy (non-hydrogen) atoms. The van der Waals surface area contributed by atoms with Gasteiger partial charge in [0.25, 0.3) is 11.5 Å². The lowest BCUT2D eigenvalue weighted by Gasteiger charge is -2.14. The van der Waals surface area contributed by atoms with Gasteiger partial charge in [-0.05, 0) is 48.8 Å². The van der Waals surface area contributed by atoms with E-state index in [1.165, 1.54) is 18.7 Å². The molecule has 0 atom stereocenters. The number of nitrogens with two attached hydrogens (primary N) is 2. The summed E-state index contributed by atoms with van der Waals surface area (Å²) in [6.07, 6.45) is 8.53. The van der Waals surface area contributed by atoms with Gasteiger partial charge in [0.1, 0.15) is 0 Å². The van der Waals surface area contributed by atoms with Crippen LogP contribution in [0, 0.1) is 0 Å². The number of aryl methyl sites for hydroxylation is 1. The molecular weight excluding hydrogens is 404 g/mol. The lowest BCUT2D eigenvalue weighted by molar-refractivity contribution is -0.117. The van der Waals surface area contributed by atoms with Crippen molar-refractivity contribution in [3.63, 3.8) is 0 Å². The molecule has 3 rings (SSSR count). The molecule has 3 heterocycles. The fraction of sp³-hybridized carbons (Fsp3) is 0.375. The Morgan fingerprint density at radius 2 is 2.03 bits per heavy atom. The number of H-pyrrole nitrogens is 1. The largest absolute Gasteiger partial charge is 0.399 e. The number of likely N-dealkylation sites (tertiary alicyclic amines) is 1. The molecule has 1 amide bonds. The Morgan fingerprint density at radius 3 is 2.72 bits per heavy atom. The van der Waals surface area contributed by atoms with E-state index in [1.54, 1.807) is 6.08 Å². The molecule has 1 aliphatic heterocycles. The Morgan fingerprint density at radius 1 is 1.28 bits per heavy atom. The van der Waals surface area contributed by atoms with Crippen LogP contribution in [0.5, 0.6) is 0 Å². The van der Waals surface area contributed by atoms with E-state index in [4.69, 9.17) is 11.5 Å². The van der Waals surface area contributed by atoms with Crippen LogP contribution in [0.1, 0.15) is 38.3 Å². The van der Waals surface area contributed by atoms with Crippen LogP contribution in [0.2, 0.25) is 0 Å². The van der Waals surface area contributed by atoms with Crippen LogP contribution in [0.3, 0.4) is 0 Å². The van der Waals surface area contributed by atoms with Gasteiger partial charge in [0.15, 0.2) is 0 Å². The van der Waals surface area contributed by atoms with Crippen molar-refractivity contribution in [1.29, 1.82) is 0 Å². The molecule has 0 bridgehead atoms. The van der Waals surface area contributed by atoms with Crippen molar-refractivity contribution in [3.05, 3.63) is 75.0 Å². The summed E-state index contributed by atoms with van der Waals surface area (Å²) in [7, 11) is 1.52. The first kappa shape index (κ1) is 24.9. The summed E-state index contributed by atoms with van der Waals surface area (Å²) in [4.78, 5) is 33.2. The van der Waals surface area contributed by atoms with E-state index in [-0.39, 0.29) is 17.2 Å². The van der Waals surface area contributed by atoms with Crippen LogP contribution in [0.25, 0.3) is 11.0 Å². The van der Waals surface area contributed by atoms with E-state index in [2.05, 4.69) is 20.2 Å². The molecule has 2 aromatic rings. The zero-order valence-corrected chi connectivity index (χ0v) is 19.4. The van der Waals surface area contributed by atoms with Gasteiger partial charge in [-0.25, -0.2) is 0 Å². The summed E-state index contributed by atoms with van der Waals surface area (Å²) in [5.41, 5.74) is 16.9. The lowest BCUT2D eigenvalue weighted by atomic mass is 10.1. The first-order chi connectivity index (χ1) is 15.4. The molecule has 172 valence electrons. The minimum Gasteiger partial charge on any atom is -0.399 e. The summed E-state index contributed by atoms with van der Waals surface area (Å²) in [6, 6.07) is 3.85. The van der Waals surface area contributed by atoms with Gasteiger partial charge in [0.05, 0.1) is 16.7 Å². The number of carbonyl (C=O) groups excluding carboxylic acids is 1. The van der Waals surface area contributed by atoms with Crippen LogP contribution in [0.15, 0.2) is 58.3 Å². The minimum absolute atomic E-state index is 0.0521. The average Bonchev–Trinajstić information content (AvgIpc) is 3.24. The SMILES string of the molecule is CC.CCc1cc2ncc(CN3CC/C(=C/C(N)=C/C=C(\N)C(=O)NC)C3)cc2[nH]c1=O. The van der Waals surface area contributed by atoms with Gasteiger partial charge in [-0.1, -0.05) is 26.3 Å². The standard InChI is InChI=1S/C22H28N6O2.C2H6/c1-3-16-10-19-20(27-21(16)29)9-15(11-26-19)13-28-7-6-14(12-28)8-17(23)4-5-18(24)22(30)25-2;1-2/h4-5,8-11H,3,6-7,12-13,23-24H2,1-2H3,(H,25,30)(H,27,29);1-2H3/b14-8-,17-4-,18-5-;. The molecule has 0 unspecified atom stereocenters. The normalized spacial score (nSPS) is 16.2. The first-order valence-corrected chi connectivity index (χ1v) is 11.0. The molecule has 0 aromatic carbocycles. The Kier molecular flexibility index (Phi) is 9.22. The molecule has 8 heteroatoms. The summed E-state index contributed by atoms with van der Waals surface area (Å²) in [6.45, 7) is 8.41. The van der Waals surface area contributed by atoms with Crippen molar-refractivity contribution in [3.8, 4) is 0 Å². The number of allylic oxidation sites excluding steroid dienone is 3. The fourth-order valence-electron chi connectivity index (χ4n) is 3.46. The summed E-state index contributed by atoms with van der Waals surface area (Å²) in [5, 5.41) is 2.46. The van der Waals surface area contributed by atoms with Crippen LogP contribution in [-0.4, -0.2) is 40.9 Å². The van der Waals surface area contributed by atoms with E-state index in [9.17, 15) is 9.59 Å². The predicted molar refractivity (Wildman–Crippen MR) is 130 cm³/mol. The number of nitrogens with one attached hydrogen (secondary N) is 2. The number of pyridine rings is 2. The van der Waals surface area contributed by atoms with E-state index < -0.39 is 0 Å². The van der Waals surface area contributed by atoms with Crippen molar-refractivity contribution >= 4 is 16.9 Å². The Balaban J connectivity index is 0.00000176. The van der Waals surface area contributed by atoms with Gasteiger partial charge in [-0.2, -0.15) is 0 Å². The van der Waals surface area contributed by atoms with Gasteiger partial charge in [0.2, 0.25) is 0 Å². The first-order valence-electron chi connectivity index (χ1n) is 11.0. The maximum Gasteiger partial charge on any atom is 0.266 e. The van der Waals surface area contributed by atoms with Crippen molar-refractivity contribution < 1.29 is 4.79 Å². The number of hydrogen-bond donors (Lipinski definition) is 4. The number of nitrogens with zero attached hydrogens (tertiary/aromatic N) is 2. The molecule has 6 N–H and O–H groups in total. The quantitative estimate of drug-likeness (QED) is 0.403. The molecule has 0 radical (unpaired) electrons. The van der Waals surface area contributed by atoms with E-state index in [1.807, 2.05) is 45.2 Å². The van der Waals surface area contributed by atoms with Crippen molar-refractivity contribution in [2.75, 3.05) is 20.1 Å². The van der Waals surface area contributed by atoms with Gasteiger partial charge in [-0.15, -0.1) is 0 Å². The number of aromatic amines is 1. The number of aromatic nitrogens is 2. The molecule has 1 saturated heterocycles. The lowest BCUT2D eigenvalue weighted by Crippen LogP contribution is -2.24. The van der Waals surface area contributed by atoms with Crippen molar-refractivity contribution in [2.45, 2.75) is 40.2 Å². The number of fused-ring (bicyclic) bond motifs is 1. The highest BCUT2D eigenvalue weighted by molar-refractivity contribution is 5.92. The van der Waals surface area contributed by atoms with Gasteiger partial charge in [0, 0.05) is 44.1 Å². The van der Waals surface area contributed by atoms with Crippen LogP contribution in [0.4, 0.5) is 0 Å². The fourth-order valence-corrected chi connectivity index (χ4v) is 3.46. The van der Waals surface area contributed by atoms with Crippen LogP contribution in [-0.2, 0) is 17.8 Å². The summed E-state index contributed by atoms with van der Waals surface area (Å²) < 4.78 is 0. The number of rotatable bonds is 6. The Labute approximate surface area is 189 Å². The highest BCUT2D eigenvalue weighted by Gasteiger charge is 2.17. The van der Waals surface area contributed by atoms with Crippen LogP contribution >= 0.6 is 0 Å². The maximum atomic E-state index is 12.1. The molecule has 0 spiro atoms. The molecule has 0 saturated carbocycles. The Bertz CT molecular complexity index is 1100. The third-order valence-corrected chi connectivity index (χ3v) is 5.10. The monoisotopic (exact) mass is 438 g/mol. The predicted octanol–water partition coefficient (Wildman–Crippen LogP) is 2.08. The third kappa shape index (κ3) is 6.55. The van der Waals surface area contributed by atoms with Crippen molar-refractivity contribution in [1.82, 2.24) is 20.2 Å². The topological polar surface area (TPSA) is 130 Å². The zero-order chi connectivity index (χ0) is 23.7. The van der Waals surface area contributed by atoms with Crippen molar-refractivity contribution in [2.24, 2.45) is 11.5 Å². The number of carbonyl (C=O) groups is 1. The second-order valence-corrected chi connectivity index (χ2v) is 7.38. The number of hydrogen-bond acceptors (Lipinski definition) is 6. The molecule has 1 fully saturated rings. The summed E-state index contributed by atoms with van der Waals surface area (Å²) >= 11 is 0. The summed E-state index contributed by atoms with van der Waals surface area (Å²) in [5.74, 6) is -0.338. The van der Waals surface area contributed by atoms with E-state index >= 15 is 0 Å².